The lowest BCUT2D eigenvalue weighted by Crippen LogP contribution is -2.30. The minimum atomic E-state index is -0.337. The molecule has 0 aliphatic heterocycles. The third-order valence-electron chi connectivity index (χ3n) is 6.00. The van der Waals surface area contributed by atoms with Gasteiger partial charge in [0.2, 0.25) is 5.91 Å². The molecule has 0 atom stereocenters. The van der Waals surface area contributed by atoms with Gasteiger partial charge in [0.05, 0.1) is 25.8 Å². The Bertz CT molecular complexity index is 1110. The summed E-state index contributed by atoms with van der Waals surface area (Å²) in [5.74, 6) is 0.516. The van der Waals surface area contributed by atoms with E-state index in [0.717, 1.165) is 33.8 Å². The van der Waals surface area contributed by atoms with Crippen LogP contribution in [-0.2, 0) is 29.0 Å². The highest BCUT2D eigenvalue weighted by atomic mass is 16.5. The maximum Gasteiger partial charge on any atom is 0.340 e. The van der Waals surface area contributed by atoms with Crippen molar-refractivity contribution >= 4 is 11.9 Å². The summed E-state index contributed by atoms with van der Waals surface area (Å²) >= 11 is 0. The number of H-pyrrole nitrogens is 1. The van der Waals surface area contributed by atoms with Gasteiger partial charge >= 0.3 is 5.97 Å². The molecule has 0 radical (unpaired) electrons. The molecule has 0 aliphatic rings. The number of hydrogen-bond acceptors (Lipinski definition) is 4. The topological polar surface area (TPSA) is 71.6 Å². The standard InChI is InChI=1S/C28H34N2O4/c1-6-34-28(32)27-20(3)25(29-21(27)4)18-30(17-23-9-7-19(2)8-10-23)26(31)16-13-22-11-14-24(33-5)15-12-22/h7-12,14-15,29H,6,13,16-18H2,1-5H3. The van der Waals surface area contributed by atoms with E-state index >= 15 is 0 Å². The van der Waals surface area contributed by atoms with Gasteiger partial charge in [0.15, 0.2) is 0 Å². The smallest absolute Gasteiger partial charge is 0.340 e. The van der Waals surface area contributed by atoms with Crippen LogP contribution in [0.2, 0.25) is 0 Å². The van der Waals surface area contributed by atoms with E-state index in [4.69, 9.17) is 9.47 Å². The number of aromatic nitrogens is 1. The van der Waals surface area contributed by atoms with E-state index in [-0.39, 0.29) is 11.9 Å². The summed E-state index contributed by atoms with van der Waals surface area (Å²) in [5, 5.41) is 0. The molecule has 3 rings (SSSR count). The number of aromatic amines is 1. The van der Waals surface area contributed by atoms with Gasteiger partial charge in [0.25, 0.3) is 0 Å². The van der Waals surface area contributed by atoms with Gasteiger partial charge in [-0.25, -0.2) is 4.79 Å². The number of rotatable bonds is 10. The van der Waals surface area contributed by atoms with Gasteiger partial charge in [-0.15, -0.1) is 0 Å². The largest absolute Gasteiger partial charge is 0.497 e. The Morgan fingerprint density at radius 3 is 2.18 bits per heavy atom. The van der Waals surface area contributed by atoms with Gasteiger partial charge < -0.3 is 19.4 Å². The Morgan fingerprint density at radius 2 is 1.56 bits per heavy atom. The first-order valence-electron chi connectivity index (χ1n) is 11.6. The molecular formula is C28H34N2O4. The number of methoxy groups -OCH3 is 1. The first-order valence-corrected chi connectivity index (χ1v) is 11.6. The van der Waals surface area contributed by atoms with Gasteiger partial charge in [-0.3, -0.25) is 4.79 Å². The molecule has 2 aromatic carbocycles. The second kappa shape index (κ2) is 11.5. The fourth-order valence-corrected chi connectivity index (χ4v) is 4.02. The quantitative estimate of drug-likeness (QED) is 0.416. The third kappa shape index (κ3) is 6.28. The molecule has 0 saturated carbocycles. The number of nitrogens with zero attached hydrogens (tertiary/aromatic N) is 1. The summed E-state index contributed by atoms with van der Waals surface area (Å²) < 4.78 is 10.4. The molecule has 180 valence electrons. The van der Waals surface area contributed by atoms with Gasteiger partial charge in [0, 0.05) is 24.4 Å². The average Bonchev–Trinajstić information content (AvgIpc) is 3.11. The van der Waals surface area contributed by atoms with Gasteiger partial charge in [-0.1, -0.05) is 42.0 Å². The maximum atomic E-state index is 13.4. The Balaban J connectivity index is 1.80. The zero-order chi connectivity index (χ0) is 24.7. The molecule has 0 unspecified atom stereocenters. The predicted octanol–water partition coefficient (Wildman–Crippen LogP) is 5.29. The van der Waals surface area contributed by atoms with Crippen LogP contribution in [0.5, 0.6) is 5.75 Å². The molecule has 1 aromatic heterocycles. The van der Waals surface area contributed by atoms with Crippen molar-refractivity contribution < 1.29 is 19.1 Å². The summed E-state index contributed by atoms with van der Waals surface area (Å²) in [5.41, 5.74) is 6.31. The molecule has 3 aromatic rings. The van der Waals surface area contributed by atoms with Gasteiger partial charge in [-0.2, -0.15) is 0 Å². The molecule has 1 heterocycles. The third-order valence-corrected chi connectivity index (χ3v) is 6.00. The monoisotopic (exact) mass is 462 g/mol. The molecule has 0 saturated heterocycles. The van der Waals surface area contributed by atoms with Crippen LogP contribution in [0.4, 0.5) is 0 Å². The molecule has 0 aliphatic carbocycles. The molecule has 1 amide bonds. The van der Waals surface area contributed by atoms with Crippen LogP contribution in [0.15, 0.2) is 48.5 Å². The van der Waals surface area contributed by atoms with Crippen LogP contribution >= 0.6 is 0 Å². The van der Waals surface area contributed by atoms with E-state index in [1.165, 1.54) is 5.56 Å². The highest BCUT2D eigenvalue weighted by molar-refractivity contribution is 5.92. The van der Waals surface area contributed by atoms with Crippen LogP contribution in [0.3, 0.4) is 0 Å². The summed E-state index contributed by atoms with van der Waals surface area (Å²) in [4.78, 5) is 30.9. The Kier molecular flexibility index (Phi) is 8.52. The van der Waals surface area contributed by atoms with Crippen LogP contribution in [0.1, 0.15) is 57.3 Å². The SMILES string of the molecule is CCOC(=O)c1c(C)[nH]c(CN(Cc2ccc(C)cc2)C(=O)CCc2ccc(OC)cc2)c1C. The van der Waals surface area contributed by atoms with Crippen molar-refractivity contribution in [3.63, 3.8) is 0 Å². The van der Waals surface area contributed by atoms with E-state index in [2.05, 4.69) is 29.2 Å². The lowest BCUT2D eigenvalue weighted by molar-refractivity contribution is -0.132. The molecular weight excluding hydrogens is 428 g/mol. The summed E-state index contributed by atoms with van der Waals surface area (Å²) in [6, 6.07) is 16.0. The minimum absolute atomic E-state index is 0.0562. The van der Waals surface area contributed by atoms with Gasteiger partial charge in [0.1, 0.15) is 5.75 Å². The number of amides is 1. The number of ether oxygens (including phenoxy) is 2. The highest BCUT2D eigenvalue weighted by Gasteiger charge is 2.22. The van der Waals surface area contributed by atoms with E-state index in [1.54, 1.807) is 14.0 Å². The predicted molar refractivity (Wildman–Crippen MR) is 133 cm³/mol. The van der Waals surface area contributed by atoms with Crippen LogP contribution in [0, 0.1) is 20.8 Å². The normalized spacial score (nSPS) is 10.7. The first-order chi connectivity index (χ1) is 16.3. The zero-order valence-electron chi connectivity index (χ0n) is 20.7. The number of carbonyl (C=O) groups excluding carboxylic acids is 2. The molecule has 34 heavy (non-hydrogen) atoms. The first kappa shape index (κ1) is 25.1. The van der Waals surface area contributed by atoms with E-state index in [0.29, 0.717) is 38.1 Å². The number of carbonyl (C=O) groups is 2. The fourth-order valence-electron chi connectivity index (χ4n) is 4.02. The second-order valence-corrected chi connectivity index (χ2v) is 8.53. The average molecular weight is 463 g/mol. The number of hydrogen-bond donors (Lipinski definition) is 1. The summed E-state index contributed by atoms with van der Waals surface area (Å²) in [6.45, 7) is 8.80. The molecule has 0 spiro atoms. The zero-order valence-corrected chi connectivity index (χ0v) is 20.7. The number of aryl methyl sites for hydroxylation is 3. The van der Waals surface area contributed by atoms with Crippen molar-refractivity contribution in [3.05, 3.63) is 87.7 Å². The number of benzene rings is 2. The molecule has 6 nitrogen and oxygen atoms in total. The maximum absolute atomic E-state index is 13.4. The Hall–Kier alpha value is -3.54. The lowest BCUT2D eigenvalue weighted by atomic mass is 10.1. The summed E-state index contributed by atoms with van der Waals surface area (Å²) in [6.07, 6.45) is 1.03. The Labute approximate surface area is 201 Å². The molecule has 0 fully saturated rings. The number of nitrogens with one attached hydrogen (secondary N) is 1. The van der Waals surface area contributed by atoms with Crippen LogP contribution in [-0.4, -0.2) is 35.5 Å². The van der Waals surface area contributed by atoms with E-state index in [9.17, 15) is 9.59 Å². The van der Waals surface area contributed by atoms with Crippen LogP contribution < -0.4 is 4.74 Å². The fraction of sp³-hybridized carbons (Fsp3) is 0.357. The van der Waals surface area contributed by atoms with Crippen molar-refractivity contribution in [1.82, 2.24) is 9.88 Å². The van der Waals surface area contributed by atoms with Crippen molar-refractivity contribution in [2.24, 2.45) is 0 Å². The van der Waals surface area contributed by atoms with Crippen molar-refractivity contribution in [2.75, 3.05) is 13.7 Å². The van der Waals surface area contributed by atoms with Crippen molar-refractivity contribution in [3.8, 4) is 5.75 Å². The van der Waals surface area contributed by atoms with Crippen molar-refractivity contribution in [1.29, 1.82) is 0 Å². The van der Waals surface area contributed by atoms with Crippen LogP contribution in [0.25, 0.3) is 0 Å². The van der Waals surface area contributed by atoms with E-state index < -0.39 is 0 Å². The highest BCUT2D eigenvalue weighted by Crippen LogP contribution is 2.22. The second-order valence-electron chi connectivity index (χ2n) is 8.53. The van der Waals surface area contributed by atoms with Gasteiger partial charge in [-0.05, 0) is 62.9 Å². The number of esters is 1. The van der Waals surface area contributed by atoms with E-state index in [1.807, 2.05) is 49.9 Å². The summed E-state index contributed by atoms with van der Waals surface area (Å²) in [7, 11) is 1.64. The van der Waals surface area contributed by atoms with Crippen molar-refractivity contribution in [2.45, 2.75) is 53.6 Å². The molecule has 0 bridgehead atoms. The lowest BCUT2D eigenvalue weighted by Gasteiger charge is -2.23. The minimum Gasteiger partial charge on any atom is -0.497 e. The molecule has 1 N–H and O–H groups in total. The molecule has 6 heteroatoms. The Morgan fingerprint density at radius 1 is 0.912 bits per heavy atom.